The van der Waals surface area contributed by atoms with Crippen molar-refractivity contribution < 1.29 is 4.92 Å². The van der Waals surface area contributed by atoms with Crippen molar-refractivity contribution in [3.05, 3.63) is 45.1 Å². The second-order valence-electron chi connectivity index (χ2n) is 5.89. The second-order valence-corrected chi connectivity index (χ2v) is 11.3. The molecule has 1 heterocycles. The third kappa shape index (κ3) is 2.64. The fraction of sp³-hybridized carbons (Fsp3) is 0.286. The maximum absolute atomic E-state index is 11.1. The lowest BCUT2D eigenvalue weighted by atomic mass is 10.1. The Balaban J connectivity index is 2.66. The summed E-state index contributed by atoms with van der Waals surface area (Å²) in [4.78, 5) is 14.0. The lowest BCUT2D eigenvalue weighted by Gasteiger charge is -2.17. The van der Waals surface area contributed by atoms with E-state index in [1.165, 1.54) is 0 Å². The standard InChI is InChI=1S/C14H17ClN2O2Si/c1-9-5-6-10(7-12(9)17(18)19)13-11(15)8-16-14(13)20(2,3)4/h5-8,16H,1-4H3. The molecule has 2 aromatic rings. The first-order chi connectivity index (χ1) is 9.21. The zero-order valence-corrected chi connectivity index (χ0v) is 13.7. The fourth-order valence-electron chi connectivity index (χ4n) is 2.23. The number of aryl methyl sites for hydroxylation is 1. The highest BCUT2D eigenvalue weighted by Crippen LogP contribution is 2.31. The predicted molar refractivity (Wildman–Crippen MR) is 85.6 cm³/mol. The van der Waals surface area contributed by atoms with Gasteiger partial charge in [-0.1, -0.05) is 43.4 Å². The number of nitrogens with one attached hydrogen (secondary N) is 1. The van der Waals surface area contributed by atoms with E-state index in [0.717, 1.165) is 16.4 Å². The van der Waals surface area contributed by atoms with Crippen LogP contribution < -0.4 is 5.32 Å². The number of rotatable bonds is 3. The molecule has 0 saturated heterocycles. The average Bonchev–Trinajstić information content (AvgIpc) is 2.71. The lowest BCUT2D eigenvalue weighted by molar-refractivity contribution is -0.385. The van der Waals surface area contributed by atoms with Crippen LogP contribution in [0.15, 0.2) is 24.4 Å². The molecule has 0 amide bonds. The summed E-state index contributed by atoms with van der Waals surface area (Å²) in [6.07, 6.45) is 1.76. The van der Waals surface area contributed by atoms with Crippen molar-refractivity contribution in [3.8, 4) is 11.1 Å². The molecule has 0 radical (unpaired) electrons. The summed E-state index contributed by atoms with van der Waals surface area (Å²) in [6, 6.07) is 5.26. The first kappa shape index (κ1) is 14.8. The van der Waals surface area contributed by atoms with Gasteiger partial charge in [-0.05, 0) is 12.5 Å². The van der Waals surface area contributed by atoms with E-state index < -0.39 is 8.07 Å². The van der Waals surface area contributed by atoms with Crippen LogP contribution in [-0.4, -0.2) is 18.0 Å². The van der Waals surface area contributed by atoms with Crippen molar-refractivity contribution in [3.63, 3.8) is 0 Å². The maximum atomic E-state index is 11.1. The molecule has 1 N–H and O–H groups in total. The van der Waals surface area contributed by atoms with Crippen LogP contribution in [0.4, 0.5) is 5.69 Å². The van der Waals surface area contributed by atoms with Crippen LogP contribution in [0.3, 0.4) is 0 Å². The van der Waals surface area contributed by atoms with Crippen LogP contribution in [0.5, 0.6) is 0 Å². The normalized spacial score (nSPS) is 11.7. The van der Waals surface area contributed by atoms with E-state index in [2.05, 4.69) is 24.6 Å². The summed E-state index contributed by atoms with van der Waals surface area (Å²) < 4.78 is 0. The third-order valence-corrected chi connectivity index (χ3v) is 5.47. The molecule has 0 aliphatic rings. The molecular weight excluding hydrogens is 292 g/mol. The quantitative estimate of drug-likeness (QED) is 0.527. The molecule has 1 aromatic carbocycles. The Morgan fingerprint density at radius 3 is 2.50 bits per heavy atom. The molecule has 0 saturated carbocycles. The first-order valence-corrected chi connectivity index (χ1v) is 10.2. The molecule has 2 rings (SSSR count). The topological polar surface area (TPSA) is 58.9 Å². The van der Waals surface area contributed by atoms with Crippen LogP contribution in [0.2, 0.25) is 24.7 Å². The van der Waals surface area contributed by atoms with Crippen molar-refractivity contribution in [1.82, 2.24) is 4.98 Å². The Bertz CT molecular complexity index is 674. The molecule has 20 heavy (non-hydrogen) atoms. The van der Waals surface area contributed by atoms with Crippen molar-refractivity contribution >= 4 is 30.7 Å². The van der Waals surface area contributed by atoms with Gasteiger partial charge in [-0.15, -0.1) is 0 Å². The Morgan fingerprint density at radius 2 is 1.95 bits per heavy atom. The molecule has 0 spiro atoms. The Hall–Kier alpha value is -1.59. The zero-order chi connectivity index (χ0) is 15.1. The SMILES string of the molecule is Cc1ccc(-c2c(Cl)c[nH]c2[Si](C)(C)C)cc1[N+](=O)[O-]. The number of H-pyrrole nitrogens is 1. The van der Waals surface area contributed by atoms with Crippen molar-refractivity contribution in [2.75, 3.05) is 0 Å². The zero-order valence-electron chi connectivity index (χ0n) is 12.0. The highest BCUT2D eigenvalue weighted by atomic mass is 35.5. The molecule has 0 aliphatic carbocycles. The van der Waals surface area contributed by atoms with E-state index in [1.807, 2.05) is 6.07 Å². The molecule has 0 bridgehead atoms. The van der Waals surface area contributed by atoms with Crippen LogP contribution in [0.25, 0.3) is 11.1 Å². The van der Waals surface area contributed by atoms with E-state index >= 15 is 0 Å². The van der Waals surface area contributed by atoms with Gasteiger partial charge >= 0.3 is 0 Å². The monoisotopic (exact) mass is 308 g/mol. The van der Waals surface area contributed by atoms with Crippen molar-refractivity contribution in [1.29, 1.82) is 0 Å². The minimum atomic E-state index is -1.61. The van der Waals surface area contributed by atoms with Gasteiger partial charge in [0.2, 0.25) is 0 Å². The summed E-state index contributed by atoms with van der Waals surface area (Å²) in [5.41, 5.74) is 2.47. The minimum Gasteiger partial charge on any atom is -0.367 e. The number of nitrogens with zero attached hydrogens (tertiary/aromatic N) is 1. The van der Waals surface area contributed by atoms with E-state index in [1.54, 1.807) is 25.3 Å². The van der Waals surface area contributed by atoms with Gasteiger partial charge in [0.1, 0.15) is 0 Å². The largest absolute Gasteiger partial charge is 0.367 e. The highest BCUT2D eigenvalue weighted by molar-refractivity contribution is 6.89. The fourth-order valence-corrected chi connectivity index (χ4v) is 4.11. The van der Waals surface area contributed by atoms with Gasteiger partial charge in [0, 0.05) is 28.7 Å². The highest BCUT2D eigenvalue weighted by Gasteiger charge is 2.25. The summed E-state index contributed by atoms with van der Waals surface area (Å²) in [6.45, 7) is 8.36. The lowest BCUT2D eigenvalue weighted by Crippen LogP contribution is -2.39. The van der Waals surface area contributed by atoms with Gasteiger partial charge in [-0.25, -0.2) is 0 Å². The van der Waals surface area contributed by atoms with Crippen LogP contribution >= 0.6 is 11.6 Å². The summed E-state index contributed by atoms with van der Waals surface area (Å²) in [5, 5.41) is 12.8. The Kier molecular flexibility index (Phi) is 3.75. The predicted octanol–water partition coefficient (Wildman–Crippen LogP) is 4.10. The average molecular weight is 309 g/mol. The summed E-state index contributed by atoms with van der Waals surface area (Å²) in [7, 11) is -1.61. The third-order valence-electron chi connectivity index (χ3n) is 3.28. The minimum absolute atomic E-state index is 0.126. The number of nitro groups is 1. The van der Waals surface area contributed by atoms with E-state index in [4.69, 9.17) is 11.6 Å². The first-order valence-electron chi connectivity index (χ1n) is 6.34. The number of nitro benzene ring substituents is 1. The number of halogens is 1. The second kappa shape index (κ2) is 5.07. The van der Waals surface area contributed by atoms with Crippen molar-refractivity contribution in [2.24, 2.45) is 0 Å². The number of benzene rings is 1. The number of aromatic nitrogens is 1. The molecule has 0 fully saturated rings. The van der Waals surface area contributed by atoms with Gasteiger partial charge in [0.15, 0.2) is 0 Å². The van der Waals surface area contributed by atoms with E-state index in [0.29, 0.717) is 10.6 Å². The number of hydrogen-bond donors (Lipinski definition) is 1. The molecule has 0 unspecified atom stereocenters. The van der Waals surface area contributed by atoms with Crippen molar-refractivity contribution in [2.45, 2.75) is 26.6 Å². The molecule has 106 valence electrons. The van der Waals surface area contributed by atoms with E-state index in [-0.39, 0.29) is 10.6 Å². The van der Waals surface area contributed by atoms with Crippen LogP contribution in [0, 0.1) is 17.0 Å². The summed E-state index contributed by atoms with van der Waals surface area (Å²) >= 11 is 6.28. The van der Waals surface area contributed by atoms with Gasteiger partial charge in [0.25, 0.3) is 5.69 Å². The van der Waals surface area contributed by atoms with Gasteiger partial charge in [0.05, 0.1) is 18.0 Å². The van der Waals surface area contributed by atoms with Crippen LogP contribution in [0.1, 0.15) is 5.56 Å². The number of aromatic amines is 1. The summed E-state index contributed by atoms with van der Waals surface area (Å²) in [5.74, 6) is 0. The number of hydrogen-bond acceptors (Lipinski definition) is 2. The molecule has 1 aromatic heterocycles. The molecule has 6 heteroatoms. The Labute approximate surface area is 123 Å². The molecular formula is C14H17ClN2O2Si. The molecule has 0 aliphatic heterocycles. The van der Waals surface area contributed by atoms with Gasteiger partial charge in [-0.3, -0.25) is 10.1 Å². The maximum Gasteiger partial charge on any atom is 0.272 e. The molecule has 4 nitrogen and oxygen atoms in total. The van der Waals surface area contributed by atoms with Crippen LogP contribution in [-0.2, 0) is 0 Å². The Morgan fingerprint density at radius 1 is 1.30 bits per heavy atom. The smallest absolute Gasteiger partial charge is 0.272 e. The van der Waals surface area contributed by atoms with E-state index in [9.17, 15) is 10.1 Å². The van der Waals surface area contributed by atoms with Gasteiger partial charge in [-0.2, -0.15) is 0 Å². The van der Waals surface area contributed by atoms with Gasteiger partial charge < -0.3 is 4.98 Å². The molecule has 0 atom stereocenters.